The molecule has 7 heteroatoms. The highest BCUT2D eigenvalue weighted by molar-refractivity contribution is 6.03. The molecule has 0 aliphatic heterocycles. The van der Waals surface area contributed by atoms with Crippen molar-refractivity contribution in [3.05, 3.63) is 30.1 Å². The van der Waals surface area contributed by atoms with Crippen molar-refractivity contribution in [3.8, 4) is 5.88 Å². The Kier molecular flexibility index (Phi) is 3.19. The molecule has 4 nitrogen and oxygen atoms in total. The van der Waals surface area contributed by atoms with Crippen molar-refractivity contribution in [2.45, 2.75) is 19.5 Å². The fourth-order valence-electron chi connectivity index (χ4n) is 2.02. The zero-order valence-corrected chi connectivity index (χ0v) is 11.1. The number of fused-ring (bicyclic) bond motifs is 3. The molecule has 0 bridgehead atoms. The van der Waals surface area contributed by atoms with Crippen molar-refractivity contribution in [2.75, 3.05) is 6.61 Å². The molecule has 0 saturated carbocycles. The van der Waals surface area contributed by atoms with Gasteiger partial charge in [-0.3, -0.25) is 0 Å². The van der Waals surface area contributed by atoms with Gasteiger partial charge in [-0.15, -0.1) is 0 Å². The number of para-hydroxylation sites is 1. The largest absolute Gasteiger partial charge is 0.465 e. The molecule has 0 saturated heterocycles. The lowest BCUT2D eigenvalue weighted by molar-refractivity contribution is -0.153. The quantitative estimate of drug-likeness (QED) is 0.736. The van der Waals surface area contributed by atoms with Gasteiger partial charge in [0.05, 0.1) is 0 Å². The summed E-state index contributed by atoms with van der Waals surface area (Å²) in [6.07, 6.45) is -3.95. The Labute approximate surface area is 117 Å². The van der Waals surface area contributed by atoms with E-state index in [9.17, 15) is 13.2 Å². The van der Waals surface area contributed by atoms with E-state index in [1.54, 1.807) is 24.3 Å². The van der Waals surface area contributed by atoms with E-state index in [-0.39, 0.29) is 11.5 Å². The average Bonchev–Trinajstić information content (AvgIpc) is 2.82. The lowest BCUT2D eigenvalue weighted by atomic mass is 10.2. The molecule has 1 aromatic carbocycles. The predicted octanol–water partition coefficient (Wildman–Crippen LogP) is 3.88. The average molecular weight is 296 g/mol. The van der Waals surface area contributed by atoms with Gasteiger partial charge in [0.25, 0.3) is 5.88 Å². The van der Waals surface area contributed by atoms with Gasteiger partial charge in [0.15, 0.2) is 6.61 Å². The molecule has 3 aromatic rings. The van der Waals surface area contributed by atoms with Crippen molar-refractivity contribution in [1.82, 2.24) is 9.97 Å². The Morgan fingerprint density at radius 2 is 1.95 bits per heavy atom. The standard InChI is InChI=1S/C14H11F3N2O2/c1-2-10-18-11-8-5-3-4-6-9(8)21-12(11)13(19-10)20-7-14(15,16)17/h3-6H,2,7H2,1H3. The van der Waals surface area contributed by atoms with Crippen LogP contribution in [0, 0.1) is 0 Å². The molecule has 0 radical (unpaired) electrons. The molecule has 2 aromatic heterocycles. The normalized spacial score (nSPS) is 12.2. The van der Waals surface area contributed by atoms with Gasteiger partial charge in [-0.05, 0) is 12.1 Å². The van der Waals surface area contributed by atoms with Crippen molar-refractivity contribution in [1.29, 1.82) is 0 Å². The zero-order chi connectivity index (χ0) is 15.0. The third-order valence-corrected chi connectivity index (χ3v) is 2.92. The second kappa shape index (κ2) is 4.91. The number of rotatable bonds is 3. The highest BCUT2D eigenvalue weighted by Crippen LogP contribution is 2.33. The van der Waals surface area contributed by atoms with Gasteiger partial charge in [0, 0.05) is 11.8 Å². The minimum Gasteiger partial charge on any atom is -0.465 e. The van der Waals surface area contributed by atoms with E-state index in [1.165, 1.54) is 0 Å². The number of hydrogen-bond donors (Lipinski definition) is 0. The summed E-state index contributed by atoms with van der Waals surface area (Å²) in [7, 11) is 0. The summed E-state index contributed by atoms with van der Waals surface area (Å²) in [5.41, 5.74) is 1.14. The summed E-state index contributed by atoms with van der Waals surface area (Å²) >= 11 is 0. The van der Waals surface area contributed by atoms with Crippen LogP contribution in [0.2, 0.25) is 0 Å². The summed E-state index contributed by atoms with van der Waals surface area (Å²) in [4.78, 5) is 8.31. The maximum atomic E-state index is 12.3. The van der Waals surface area contributed by atoms with Crippen molar-refractivity contribution in [3.63, 3.8) is 0 Å². The van der Waals surface area contributed by atoms with Gasteiger partial charge in [0.1, 0.15) is 16.9 Å². The van der Waals surface area contributed by atoms with Gasteiger partial charge >= 0.3 is 6.18 Å². The molecule has 21 heavy (non-hydrogen) atoms. The number of aromatic nitrogens is 2. The maximum absolute atomic E-state index is 12.3. The molecule has 0 fully saturated rings. The zero-order valence-electron chi connectivity index (χ0n) is 11.1. The second-order valence-electron chi connectivity index (χ2n) is 4.48. The highest BCUT2D eigenvalue weighted by Gasteiger charge is 2.30. The Morgan fingerprint density at radius 3 is 2.67 bits per heavy atom. The first kappa shape index (κ1) is 13.7. The van der Waals surface area contributed by atoms with Crippen LogP contribution < -0.4 is 4.74 Å². The first-order valence-electron chi connectivity index (χ1n) is 6.35. The fourth-order valence-corrected chi connectivity index (χ4v) is 2.02. The summed E-state index contributed by atoms with van der Waals surface area (Å²) in [5.74, 6) is 0.233. The predicted molar refractivity (Wildman–Crippen MR) is 70.2 cm³/mol. The van der Waals surface area contributed by atoms with Crippen LogP contribution >= 0.6 is 0 Å². The highest BCUT2D eigenvalue weighted by atomic mass is 19.4. The number of ether oxygens (including phenoxy) is 1. The van der Waals surface area contributed by atoms with Crippen LogP contribution in [0.5, 0.6) is 5.88 Å². The lowest BCUT2D eigenvalue weighted by Crippen LogP contribution is -2.20. The fraction of sp³-hybridized carbons (Fsp3) is 0.286. The number of nitrogens with zero attached hydrogens (tertiary/aromatic N) is 2. The van der Waals surface area contributed by atoms with Crippen molar-refractivity contribution < 1.29 is 22.3 Å². The van der Waals surface area contributed by atoms with E-state index in [4.69, 9.17) is 9.15 Å². The first-order chi connectivity index (χ1) is 9.98. The molecular weight excluding hydrogens is 285 g/mol. The van der Waals surface area contributed by atoms with Crippen LogP contribution in [0.4, 0.5) is 13.2 Å². The number of alkyl halides is 3. The number of furan rings is 1. The number of hydrogen-bond acceptors (Lipinski definition) is 4. The smallest absolute Gasteiger partial charge is 0.422 e. The maximum Gasteiger partial charge on any atom is 0.422 e. The second-order valence-corrected chi connectivity index (χ2v) is 4.48. The van der Waals surface area contributed by atoms with E-state index in [0.717, 1.165) is 5.39 Å². The third-order valence-electron chi connectivity index (χ3n) is 2.92. The third kappa shape index (κ3) is 2.63. The summed E-state index contributed by atoms with van der Waals surface area (Å²) in [6, 6.07) is 7.09. The molecule has 3 rings (SSSR count). The van der Waals surface area contributed by atoms with Crippen molar-refractivity contribution >= 4 is 22.1 Å². The number of benzene rings is 1. The molecule has 0 amide bonds. The molecule has 0 atom stereocenters. The minimum absolute atomic E-state index is 0.137. The van der Waals surface area contributed by atoms with E-state index >= 15 is 0 Å². The number of halogens is 3. The number of aryl methyl sites for hydroxylation is 1. The van der Waals surface area contributed by atoms with E-state index in [1.807, 2.05) is 6.92 Å². The SMILES string of the molecule is CCc1nc(OCC(F)(F)F)c2oc3ccccc3c2n1. The van der Waals surface area contributed by atoms with Crippen LogP contribution in [0.3, 0.4) is 0 Å². The van der Waals surface area contributed by atoms with Gasteiger partial charge in [-0.25, -0.2) is 4.98 Å². The van der Waals surface area contributed by atoms with Gasteiger partial charge in [0.2, 0.25) is 5.58 Å². The van der Waals surface area contributed by atoms with Gasteiger partial charge in [-0.2, -0.15) is 18.2 Å². The molecular formula is C14H11F3N2O2. The first-order valence-corrected chi connectivity index (χ1v) is 6.35. The minimum atomic E-state index is -4.43. The lowest BCUT2D eigenvalue weighted by Gasteiger charge is -2.09. The molecule has 2 heterocycles. The van der Waals surface area contributed by atoms with Gasteiger partial charge in [-0.1, -0.05) is 19.1 Å². The molecule has 0 N–H and O–H groups in total. The molecule has 0 aliphatic carbocycles. The molecule has 110 valence electrons. The topological polar surface area (TPSA) is 48.2 Å². The Balaban J connectivity index is 2.17. The molecule has 0 unspecified atom stereocenters. The Hall–Kier alpha value is -2.31. The molecule has 0 aliphatic rings. The molecule has 0 spiro atoms. The van der Waals surface area contributed by atoms with E-state index in [2.05, 4.69) is 9.97 Å². The monoisotopic (exact) mass is 296 g/mol. The van der Waals surface area contributed by atoms with Crippen molar-refractivity contribution in [2.24, 2.45) is 0 Å². The Bertz CT molecular complexity index is 796. The van der Waals surface area contributed by atoms with Crippen LogP contribution in [0.25, 0.3) is 22.1 Å². The van der Waals surface area contributed by atoms with Crippen LogP contribution in [-0.2, 0) is 6.42 Å². The summed E-state index contributed by atoms with van der Waals surface area (Å²) < 4.78 is 47.3. The van der Waals surface area contributed by atoms with Gasteiger partial charge < -0.3 is 9.15 Å². The Morgan fingerprint density at radius 1 is 1.19 bits per heavy atom. The summed E-state index contributed by atoms with van der Waals surface area (Å²) in [6.45, 7) is 0.399. The summed E-state index contributed by atoms with van der Waals surface area (Å²) in [5, 5.41) is 0.724. The van der Waals surface area contributed by atoms with Crippen LogP contribution in [0.1, 0.15) is 12.7 Å². The van der Waals surface area contributed by atoms with Crippen LogP contribution in [-0.4, -0.2) is 22.8 Å². The van der Waals surface area contributed by atoms with E-state index < -0.39 is 12.8 Å². The van der Waals surface area contributed by atoms with E-state index in [0.29, 0.717) is 23.3 Å². The van der Waals surface area contributed by atoms with Crippen LogP contribution in [0.15, 0.2) is 28.7 Å².